The smallest absolute Gasteiger partial charge is 0.328 e. The fourth-order valence-corrected chi connectivity index (χ4v) is 3.92. The van der Waals surface area contributed by atoms with E-state index >= 15 is 0 Å². The van der Waals surface area contributed by atoms with Crippen LogP contribution in [0.5, 0.6) is 0 Å². The van der Waals surface area contributed by atoms with Crippen LogP contribution in [0.25, 0.3) is 0 Å². The number of nitrogens with zero attached hydrogens (tertiary/aromatic N) is 1. The van der Waals surface area contributed by atoms with Crippen molar-refractivity contribution in [2.45, 2.75) is 23.5 Å². The molecule has 1 heterocycles. The maximum absolute atomic E-state index is 12.8. The number of hydrogen-bond donors (Lipinski definition) is 2. The van der Waals surface area contributed by atoms with Gasteiger partial charge in [0.25, 0.3) is 0 Å². The number of anilines is 2. The van der Waals surface area contributed by atoms with Crippen LogP contribution in [0, 0.1) is 6.92 Å². The second kappa shape index (κ2) is 8.74. The summed E-state index contributed by atoms with van der Waals surface area (Å²) >= 11 is 1.25. The number of carbonyl (C=O) groups is 4. The zero-order valence-electron chi connectivity index (χ0n) is 15.5. The second-order valence-electron chi connectivity index (χ2n) is 6.40. The highest BCUT2D eigenvalue weighted by Gasteiger charge is 2.40. The van der Waals surface area contributed by atoms with Crippen molar-refractivity contribution in [1.82, 2.24) is 0 Å². The molecule has 8 heteroatoms. The van der Waals surface area contributed by atoms with Gasteiger partial charge in [0.15, 0.2) is 0 Å². The van der Waals surface area contributed by atoms with E-state index < -0.39 is 17.1 Å². The Morgan fingerprint density at radius 2 is 1.86 bits per heavy atom. The molecule has 1 atom stereocenters. The van der Waals surface area contributed by atoms with Crippen molar-refractivity contribution in [3.63, 3.8) is 0 Å². The molecule has 0 bridgehead atoms. The molecule has 2 aromatic carbocycles. The van der Waals surface area contributed by atoms with Crippen LogP contribution in [0.3, 0.4) is 0 Å². The first-order chi connectivity index (χ1) is 13.8. The molecule has 148 valence electrons. The van der Waals surface area contributed by atoms with E-state index in [0.717, 1.165) is 17.7 Å². The summed E-state index contributed by atoms with van der Waals surface area (Å²) in [6, 6.07) is 14.0. The van der Waals surface area contributed by atoms with E-state index in [9.17, 15) is 19.2 Å². The maximum Gasteiger partial charge on any atom is 0.328 e. The molecular weight excluding hydrogens is 392 g/mol. The van der Waals surface area contributed by atoms with Crippen LogP contribution >= 0.6 is 11.8 Å². The van der Waals surface area contributed by atoms with Crippen molar-refractivity contribution in [2.24, 2.45) is 0 Å². The van der Waals surface area contributed by atoms with Gasteiger partial charge in [-0.2, -0.15) is 0 Å². The van der Waals surface area contributed by atoms with Crippen molar-refractivity contribution < 1.29 is 24.3 Å². The molecule has 1 unspecified atom stereocenters. The summed E-state index contributed by atoms with van der Waals surface area (Å²) in [4.78, 5) is 49.3. The lowest BCUT2D eigenvalue weighted by Crippen LogP contribution is -2.31. The first kappa shape index (κ1) is 20.3. The number of thioether (sulfide) groups is 1. The Bertz CT molecular complexity index is 1000. The molecule has 1 saturated heterocycles. The number of imide groups is 1. The van der Waals surface area contributed by atoms with E-state index in [1.807, 2.05) is 19.1 Å². The van der Waals surface area contributed by atoms with Crippen LogP contribution in [0.1, 0.15) is 12.0 Å². The van der Waals surface area contributed by atoms with E-state index in [4.69, 9.17) is 5.11 Å². The lowest BCUT2D eigenvalue weighted by molar-refractivity contribution is -0.131. The largest absolute Gasteiger partial charge is 0.478 e. The minimum Gasteiger partial charge on any atom is -0.478 e. The van der Waals surface area contributed by atoms with Gasteiger partial charge in [-0.3, -0.25) is 14.4 Å². The van der Waals surface area contributed by atoms with Crippen LogP contribution in [0.2, 0.25) is 0 Å². The van der Waals surface area contributed by atoms with E-state index in [0.29, 0.717) is 16.3 Å². The van der Waals surface area contributed by atoms with Crippen molar-refractivity contribution in [2.75, 3.05) is 10.2 Å². The number of aryl methyl sites for hydroxylation is 1. The van der Waals surface area contributed by atoms with Crippen LogP contribution in [-0.4, -0.2) is 34.0 Å². The third-order valence-electron chi connectivity index (χ3n) is 4.15. The third-order valence-corrected chi connectivity index (χ3v) is 5.33. The van der Waals surface area contributed by atoms with Gasteiger partial charge in [-0.05, 0) is 37.3 Å². The van der Waals surface area contributed by atoms with E-state index in [-0.39, 0.29) is 18.2 Å². The van der Waals surface area contributed by atoms with Gasteiger partial charge in [0.05, 0.1) is 10.9 Å². The Hall–Kier alpha value is -3.39. The zero-order valence-corrected chi connectivity index (χ0v) is 16.3. The molecule has 7 nitrogen and oxygen atoms in total. The molecule has 0 aromatic heterocycles. The van der Waals surface area contributed by atoms with E-state index in [2.05, 4.69) is 5.32 Å². The Morgan fingerprint density at radius 1 is 1.14 bits per heavy atom. The molecule has 3 rings (SSSR count). The Labute approximate surface area is 171 Å². The molecule has 1 aliphatic rings. The highest BCUT2D eigenvalue weighted by Crippen LogP contribution is 2.34. The summed E-state index contributed by atoms with van der Waals surface area (Å²) in [6.45, 7) is 1.93. The molecule has 29 heavy (non-hydrogen) atoms. The molecule has 1 fully saturated rings. The lowest BCUT2D eigenvalue weighted by atomic mass is 10.2. The number of rotatable bonds is 6. The quantitative estimate of drug-likeness (QED) is 0.560. The topological polar surface area (TPSA) is 104 Å². The third kappa shape index (κ3) is 5.11. The summed E-state index contributed by atoms with van der Waals surface area (Å²) in [5, 5.41) is 10.6. The highest BCUT2D eigenvalue weighted by atomic mass is 32.2. The fourth-order valence-electron chi connectivity index (χ4n) is 2.80. The average Bonchev–Trinajstić information content (AvgIpc) is 2.94. The Balaban J connectivity index is 1.69. The summed E-state index contributed by atoms with van der Waals surface area (Å²) < 4.78 is 0. The number of amides is 3. The minimum atomic E-state index is -1.22. The van der Waals surface area contributed by atoms with E-state index in [1.54, 1.807) is 36.4 Å². The molecule has 0 aliphatic carbocycles. The number of benzene rings is 2. The van der Waals surface area contributed by atoms with Crippen LogP contribution < -0.4 is 10.2 Å². The van der Waals surface area contributed by atoms with Crippen molar-refractivity contribution in [3.05, 3.63) is 66.2 Å². The van der Waals surface area contributed by atoms with Crippen molar-refractivity contribution >= 4 is 46.8 Å². The average molecular weight is 410 g/mol. The molecule has 2 N–H and O–H groups in total. The number of carboxylic acids is 1. The van der Waals surface area contributed by atoms with Gasteiger partial charge in [-0.1, -0.05) is 23.8 Å². The molecule has 0 radical (unpaired) electrons. The standard InChI is InChI=1S/C21H18N2O5S/c1-13-5-7-15(8-6-13)23-19(25)12-17(21(23)28)29-16-4-2-3-14(11-16)22-18(24)9-10-20(26)27/h2-11,17H,12H2,1H3,(H,22,24)(H,26,27). The normalized spacial score (nSPS) is 16.4. The first-order valence-corrected chi connectivity index (χ1v) is 9.63. The predicted molar refractivity (Wildman–Crippen MR) is 110 cm³/mol. The molecule has 0 saturated carbocycles. The van der Waals surface area contributed by atoms with Crippen LogP contribution in [0.15, 0.2) is 65.6 Å². The van der Waals surface area contributed by atoms with Gasteiger partial charge >= 0.3 is 5.97 Å². The number of nitrogens with one attached hydrogen (secondary N) is 1. The maximum atomic E-state index is 12.8. The Morgan fingerprint density at radius 3 is 2.55 bits per heavy atom. The zero-order chi connectivity index (χ0) is 21.0. The van der Waals surface area contributed by atoms with Crippen LogP contribution in [0.4, 0.5) is 11.4 Å². The van der Waals surface area contributed by atoms with Gasteiger partial charge in [-0.15, -0.1) is 11.8 Å². The molecular formula is C21H18N2O5S. The first-order valence-electron chi connectivity index (χ1n) is 8.75. The molecule has 0 spiro atoms. The lowest BCUT2D eigenvalue weighted by Gasteiger charge is -2.15. The van der Waals surface area contributed by atoms with Gasteiger partial charge in [0.2, 0.25) is 17.7 Å². The fraction of sp³-hybridized carbons (Fsp3) is 0.143. The van der Waals surface area contributed by atoms with E-state index in [1.165, 1.54) is 16.7 Å². The molecule has 1 aliphatic heterocycles. The number of carboxylic acid groups (broad SMARTS) is 1. The number of hydrogen-bond acceptors (Lipinski definition) is 5. The highest BCUT2D eigenvalue weighted by molar-refractivity contribution is 8.00. The van der Waals surface area contributed by atoms with Crippen LogP contribution in [-0.2, 0) is 19.2 Å². The number of aliphatic carboxylic acids is 1. The van der Waals surface area contributed by atoms with Gasteiger partial charge in [0.1, 0.15) is 0 Å². The summed E-state index contributed by atoms with van der Waals surface area (Å²) in [5.41, 5.74) is 2.05. The number of carbonyl (C=O) groups excluding carboxylic acids is 3. The molecule has 2 aromatic rings. The van der Waals surface area contributed by atoms with Gasteiger partial charge in [-0.25, -0.2) is 9.69 Å². The molecule has 3 amide bonds. The monoisotopic (exact) mass is 410 g/mol. The second-order valence-corrected chi connectivity index (χ2v) is 7.68. The minimum absolute atomic E-state index is 0.0926. The Kier molecular flexibility index (Phi) is 6.13. The van der Waals surface area contributed by atoms with Gasteiger partial charge < -0.3 is 10.4 Å². The summed E-state index contributed by atoms with van der Waals surface area (Å²) in [5.74, 6) is -2.32. The summed E-state index contributed by atoms with van der Waals surface area (Å²) in [7, 11) is 0. The van der Waals surface area contributed by atoms with Crippen molar-refractivity contribution in [3.8, 4) is 0 Å². The SMILES string of the molecule is Cc1ccc(N2C(=O)CC(Sc3cccc(NC(=O)C=CC(=O)O)c3)C2=O)cc1. The summed E-state index contributed by atoms with van der Waals surface area (Å²) in [6.07, 6.45) is 1.76. The predicted octanol–water partition coefficient (Wildman–Crippen LogP) is 3.00. The van der Waals surface area contributed by atoms with Gasteiger partial charge in [0, 0.05) is 29.2 Å². The van der Waals surface area contributed by atoms with Crippen molar-refractivity contribution in [1.29, 1.82) is 0 Å².